The number of hydrogen-bond donors (Lipinski definition) is 1. The zero-order valence-corrected chi connectivity index (χ0v) is 10.5. The summed E-state index contributed by atoms with van der Waals surface area (Å²) in [4.78, 5) is 28.8. The number of carboxylic acids is 1. The fourth-order valence-electron chi connectivity index (χ4n) is 2.33. The SMILES string of the molecule is C[C@@H](C1CCCCC1)N(C)CC(=O)O.O=C=O. The van der Waals surface area contributed by atoms with Gasteiger partial charge in [-0.25, -0.2) is 0 Å². The van der Waals surface area contributed by atoms with Crippen LogP contribution in [0, 0.1) is 5.92 Å². The van der Waals surface area contributed by atoms with Gasteiger partial charge >= 0.3 is 12.1 Å². The molecule has 0 aliphatic heterocycles. The zero-order valence-electron chi connectivity index (χ0n) is 10.5. The number of carbonyl (C=O) groups is 1. The topological polar surface area (TPSA) is 74.7 Å². The van der Waals surface area contributed by atoms with Crippen LogP contribution in [-0.4, -0.2) is 41.8 Å². The van der Waals surface area contributed by atoms with Crippen LogP contribution in [0.4, 0.5) is 0 Å². The maximum Gasteiger partial charge on any atom is 0.373 e. The molecule has 1 aliphatic carbocycles. The van der Waals surface area contributed by atoms with Crippen molar-refractivity contribution < 1.29 is 19.5 Å². The summed E-state index contributed by atoms with van der Waals surface area (Å²) in [6.45, 7) is 2.32. The van der Waals surface area contributed by atoms with Crippen molar-refractivity contribution in [3.63, 3.8) is 0 Å². The van der Waals surface area contributed by atoms with E-state index in [1.165, 1.54) is 32.1 Å². The van der Waals surface area contributed by atoms with Crippen LogP contribution in [0.25, 0.3) is 0 Å². The van der Waals surface area contributed by atoms with E-state index in [0.29, 0.717) is 12.0 Å². The second kappa shape index (κ2) is 8.90. The van der Waals surface area contributed by atoms with Gasteiger partial charge in [0.25, 0.3) is 0 Å². The van der Waals surface area contributed by atoms with Crippen molar-refractivity contribution in [2.75, 3.05) is 13.6 Å². The number of rotatable bonds is 4. The van der Waals surface area contributed by atoms with E-state index in [4.69, 9.17) is 14.7 Å². The lowest BCUT2D eigenvalue weighted by Gasteiger charge is -2.33. The number of aliphatic carboxylic acids is 1. The van der Waals surface area contributed by atoms with E-state index in [2.05, 4.69) is 6.92 Å². The Bertz CT molecular complexity index is 255. The number of likely N-dealkylation sites (N-methyl/N-ethyl adjacent to an activating group) is 1. The molecule has 0 spiro atoms. The number of hydrogen-bond acceptors (Lipinski definition) is 4. The molecular weight excluding hydrogens is 222 g/mol. The van der Waals surface area contributed by atoms with Crippen molar-refractivity contribution >= 4 is 12.1 Å². The molecule has 0 heterocycles. The van der Waals surface area contributed by atoms with E-state index in [1.807, 2.05) is 11.9 Å². The average Bonchev–Trinajstić information content (AvgIpc) is 2.29. The third-order valence-corrected chi connectivity index (χ3v) is 3.41. The van der Waals surface area contributed by atoms with E-state index in [0.717, 1.165) is 0 Å². The van der Waals surface area contributed by atoms with Gasteiger partial charge in [-0.05, 0) is 32.7 Å². The number of nitrogens with zero attached hydrogens (tertiary/aromatic N) is 1. The van der Waals surface area contributed by atoms with E-state index < -0.39 is 5.97 Å². The van der Waals surface area contributed by atoms with Gasteiger partial charge in [-0.2, -0.15) is 9.59 Å². The molecule has 1 rings (SSSR count). The standard InChI is InChI=1S/C11H21NO2.CO2/c1-9(12(2)8-11(13)14)10-6-4-3-5-7-10;2-1-3/h9-10H,3-8H2,1-2H3,(H,13,14);/t9-;/m0./s1. The van der Waals surface area contributed by atoms with Crippen molar-refractivity contribution in [1.29, 1.82) is 0 Å². The van der Waals surface area contributed by atoms with E-state index >= 15 is 0 Å². The van der Waals surface area contributed by atoms with Gasteiger partial charge in [-0.1, -0.05) is 19.3 Å². The highest BCUT2D eigenvalue weighted by Gasteiger charge is 2.23. The molecule has 0 amide bonds. The fourth-order valence-corrected chi connectivity index (χ4v) is 2.33. The first kappa shape index (κ1) is 15.8. The first-order valence-corrected chi connectivity index (χ1v) is 5.94. The lowest BCUT2D eigenvalue weighted by Crippen LogP contribution is -2.39. The van der Waals surface area contributed by atoms with Crippen molar-refractivity contribution in [3.8, 4) is 0 Å². The van der Waals surface area contributed by atoms with Crippen LogP contribution in [0.1, 0.15) is 39.0 Å². The molecule has 1 saturated carbocycles. The van der Waals surface area contributed by atoms with Crippen LogP contribution < -0.4 is 0 Å². The minimum atomic E-state index is -0.727. The molecule has 5 nitrogen and oxygen atoms in total. The Kier molecular flexibility index (Phi) is 8.28. The van der Waals surface area contributed by atoms with Gasteiger partial charge in [0.15, 0.2) is 0 Å². The van der Waals surface area contributed by atoms with E-state index in [1.54, 1.807) is 0 Å². The van der Waals surface area contributed by atoms with Crippen LogP contribution in [0.5, 0.6) is 0 Å². The number of carbonyl (C=O) groups excluding carboxylic acids is 2. The molecule has 0 aromatic carbocycles. The Hall–Kier alpha value is -1.19. The van der Waals surface area contributed by atoms with Crippen molar-refractivity contribution in [2.24, 2.45) is 5.92 Å². The van der Waals surface area contributed by atoms with Gasteiger partial charge in [0.05, 0.1) is 6.54 Å². The molecule has 0 unspecified atom stereocenters. The first-order chi connectivity index (χ1) is 8.02. The Balaban J connectivity index is 0.000000770. The highest BCUT2D eigenvalue weighted by Crippen LogP contribution is 2.28. The van der Waals surface area contributed by atoms with Gasteiger partial charge in [-0.15, -0.1) is 0 Å². The third-order valence-electron chi connectivity index (χ3n) is 3.41. The molecule has 1 N–H and O–H groups in total. The largest absolute Gasteiger partial charge is 0.480 e. The van der Waals surface area contributed by atoms with Crippen LogP contribution in [0.2, 0.25) is 0 Å². The lowest BCUT2D eigenvalue weighted by molar-refractivity contribution is -0.191. The summed E-state index contributed by atoms with van der Waals surface area (Å²) >= 11 is 0. The first-order valence-electron chi connectivity index (χ1n) is 5.94. The van der Waals surface area contributed by atoms with Crippen LogP contribution in [-0.2, 0) is 14.4 Å². The van der Waals surface area contributed by atoms with Crippen molar-refractivity contribution in [2.45, 2.75) is 45.1 Å². The van der Waals surface area contributed by atoms with Gasteiger partial charge in [0.2, 0.25) is 0 Å². The molecule has 1 aliphatic rings. The highest BCUT2D eigenvalue weighted by molar-refractivity contribution is 5.69. The predicted octanol–water partition coefficient (Wildman–Crippen LogP) is 1.39. The predicted molar refractivity (Wildman–Crippen MR) is 61.3 cm³/mol. The Morgan fingerprint density at radius 1 is 1.35 bits per heavy atom. The highest BCUT2D eigenvalue weighted by atomic mass is 16.4. The summed E-state index contributed by atoms with van der Waals surface area (Å²) in [6, 6.07) is 0.409. The molecule has 0 saturated heterocycles. The second-order valence-corrected chi connectivity index (χ2v) is 4.53. The quantitative estimate of drug-likeness (QED) is 0.807. The summed E-state index contributed by atoms with van der Waals surface area (Å²) in [5, 5.41) is 8.69. The minimum absolute atomic E-state index is 0.164. The molecule has 17 heavy (non-hydrogen) atoms. The molecular formula is C12H21NO4. The summed E-state index contributed by atoms with van der Waals surface area (Å²) in [6.07, 6.45) is 6.77. The minimum Gasteiger partial charge on any atom is -0.480 e. The third kappa shape index (κ3) is 6.87. The maximum absolute atomic E-state index is 10.6. The van der Waals surface area contributed by atoms with Crippen molar-refractivity contribution in [3.05, 3.63) is 0 Å². The van der Waals surface area contributed by atoms with Gasteiger partial charge in [0.1, 0.15) is 0 Å². The molecule has 98 valence electrons. The monoisotopic (exact) mass is 243 g/mol. The van der Waals surface area contributed by atoms with Gasteiger partial charge in [-0.3, -0.25) is 9.69 Å². The summed E-state index contributed by atoms with van der Waals surface area (Å²) < 4.78 is 0. The van der Waals surface area contributed by atoms with Crippen molar-refractivity contribution in [1.82, 2.24) is 4.90 Å². The van der Waals surface area contributed by atoms with Crippen LogP contribution >= 0.6 is 0 Å². The summed E-state index contributed by atoms with van der Waals surface area (Å²) in [5.41, 5.74) is 0. The normalized spacial score (nSPS) is 17.8. The smallest absolute Gasteiger partial charge is 0.373 e. The Morgan fingerprint density at radius 2 is 1.82 bits per heavy atom. The van der Waals surface area contributed by atoms with Crippen LogP contribution in [0.3, 0.4) is 0 Å². The molecule has 1 fully saturated rings. The molecule has 0 radical (unpaired) electrons. The average molecular weight is 243 g/mol. The van der Waals surface area contributed by atoms with Gasteiger partial charge < -0.3 is 5.11 Å². The lowest BCUT2D eigenvalue weighted by atomic mass is 9.84. The molecule has 1 atom stereocenters. The second-order valence-electron chi connectivity index (χ2n) is 4.53. The van der Waals surface area contributed by atoms with E-state index in [-0.39, 0.29) is 12.7 Å². The van der Waals surface area contributed by atoms with E-state index in [9.17, 15) is 4.79 Å². The Labute approximate surface area is 102 Å². The molecule has 0 aromatic rings. The van der Waals surface area contributed by atoms with Crippen LogP contribution in [0.15, 0.2) is 0 Å². The molecule has 5 heteroatoms. The summed E-state index contributed by atoms with van der Waals surface area (Å²) in [5.74, 6) is -0.0248. The molecule has 0 aromatic heterocycles. The summed E-state index contributed by atoms with van der Waals surface area (Å²) in [7, 11) is 1.91. The van der Waals surface area contributed by atoms with Gasteiger partial charge in [0, 0.05) is 6.04 Å². The zero-order chi connectivity index (χ0) is 13.3. The maximum atomic E-state index is 10.6. The molecule has 0 bridgehead atoms. The number of carboxylic acid groups (broad SMARTS) is 1. The Morgan fingerprint density at radius 3 is 2.24 bits per heavy atom. The fraction of sp³-hybridized carbons (Fsp3) is 0.833.